The molecule has 21 heavy (non-hydrogen) atoms. The first kappa shape index (κ1) is 15.6. The van der Waals surface area contributed by atoms with Crippen LogP contribution < -0.4 is 15.0 Å². The van der Waals surface area contributed by atoms with Crippen molar-refractivity contribution < 1.29 is 14.3 Å². The molecule has 1 aromatic rings. The van der Waals surface area contributed by atoms with E-state index in [1.807, 2.05) is 25.1 Å². The molecule has 1 aliphatic rings. The molecule has 0 saturated heterocycles. The molecule has 0 aliphatic carbocycles. The van der Waals surface area contributed by atoms with Gasteiger partial charge in [0.1, 0.15) is 11.3 Å². The maximum Gasteiger partial charge on any atom is 0.325 e. The Kier molecular flexibility index (Phi) is 5.07. The first-order valence-electron chi connectivity index (χ1n) is 7.35. The zero-order chi connectivity index (χ0) is 15.3. The van der Waals surface area contributed by atoms with Crippen molar-refractivity contribution >= 4 is 11.7 Å². The molecular weight excluding hydrogens is 268 g/mol. The summed E-state index contributed by atoms with van der Waals surface area (Å²) in [4.78, 5) is 14.2. The standard InChI is InChI=1S/C16H24N2O3/c1-16(17-2,15(19)20-3)9-11-18-10-6-12-21-14-8-5-4-7-13(14)18/h4-5,7-8,17H,6,9-12H2,1-3H3. The van der Waals surface area contributed by atoms with Crippen molar-refractivity contribution in [3.05, 3.63) is 24.3 Å². The summed E-state index contributed by atoms with van der Waals surface area (Å²) in [5.41, 5.74) is 0.426. The summed E-state index contributed by atoms with van der Waals surface area (Å²) in [5.74, 6) is 0.684. The number of benzene rings is 1. The Morgan fingerprint density at radius 2 is 2.24 bits per heavy atom. The van der Waals surface area contributed by atoms with Crippen LogP contribution in [-0.4, -0.2) is 45.4 Å². The van der Waals surface area contributed by atoms with Crippen LogP contribution in [0.1, 0.15) is 19.8 Å². The highest BCUT2D eigenvalue weighted by atomic mass is 16.5. The molecule has 1 N–H and O–H groups in total. The van der Waals surface area contributed by atoms with Crippen LogP contribution in [0.15, 0.2) is 24.3 Å². The Hall–Kier alpha value is -1.75. The number of likely N-dealkylation sites (N-methyl/N-ethyl adjacent to an activating group) is 1. The van der Waals surface area contributed by atoms with E-state index in [-0.39, 0.29) is 5.97 Å². The van der Waals surface area contributed by atoms with Crippen molar-refractivity contribution in [2.24, 2.45) is 0 Å². The number of carbonyl (C=O) groups excluding carboxylic acids is 1. The molecular formula is C16H24N2O3. The first-order chi connectivity index (χ1) is 10.1. The SMILES string of the molecule is CNC(C)(CCN1CCCOc2ccccc21)C(=O)OC. The number of hydrogen-bond acceptors (Lipinski definition) is 5. The molecule has 5 nitrogen and oxygen atoms in total. The van der Waals surface area contributed by atoms with E-state index in [1.54, 1.807) is 7.05 Å². The fourth-order valence-corrected chi connectivity index (χ4v) is 2.54. The van der Waals surface area contributed by atoms with Crippen molar-refractivity contribution in [2.45, 2.75) is 25.3 Å². The molecule has 0 amide bonds. The minimum absolute atomic E-state index is 0.232. The largest absolute Gasteiger partial charge is 0.491 e. The Balaban J connectivity index is 2.11. The highest BCUT2D eigenvalue weighted by molar-refractivity contribution is 5.80. The Bertz CT molecular complexity index is 492. The Morgan fingerprint density at radius 1 is 1.48 bits per heavy atom. The van der Waals surface area contributed by atoms with Crippen molar-refractivity contribution in [2.75, 3.05) is 38.8 Å². The summed E-state index contributed by atoms with van der Waals surface area (Å²) in [5, 5.41) is 3.08. The molecule has 0 aromatic heterocycles. The lowest BCUT2D eigenvalue weighted by atomic mass is 9.97. The van der Waals surface area contributed by atoms with Gasteiger partial charge in [-0.15, -0.1) is 0 Å². The van der Waals surface area contributed by atoms with Gasteiger partial charge in [0.05, 0.1) is 19.4 Å². The lowest BCUT2D eigenvalue weighted by Gasteiger charge is -2.30. The van der Waals surface area contributed by atoms with Crippen molar-refractivity contribution in [3.8, 4) is 5.75 Å². The van der Waals surface area contributed by atoms with Crippen LogP contribution in [0.4, 0.5) is 5.69 Å². The second-order valence-corrected chi connectivity index (χ2v) is 5.48. The maximum atomic E-state index is 11.9. The molecule has 0 fully saturated rings. The molecule has 0 bridgehead atoms. The molecule has 0 spiro atoms. The quantitative estimate of drug-likeness (QED) is 0.839. The summed E-state index contributed by atoms with van der Waals surface area (Å²) in [6, 6.07) is 8.05. The average molecular weight is 292 g/mol. The number of carbonyl (C=O) groups is 1. The average Bonchev–Trinajstić information content (AvgIpc) is 2.74. The van der Waals surface area contributed by atoms with E-state index >= 15 is 0 Å². The number of ether oxygens (including phenoxy) is 2. The summed E-state index contributed by atoms with van der Waals surface area (Å²) < 4.78 is 10.7. The third-order valence-corrected chi connectivity index (χ3v) is 4.11. The number of nitrogens with zero attached hydrogens (tertiary/aromatic N) is 1. The van der Waals surface area contributed by atoms with Crippen LogP contribution in [0, 0.1) is 0 Å². The molecule has 1 heterocycles. The minimum Gasteiger partial charge on any atom is -0.491 e. The van der Waals surface area contributed by atoms with E-state index in [0.717, 1.165) is 37.6 Å². The van der Waals surface area contributed by atoms with E-state index in [0.29, 0.717) is 6.42 Å². The van der Waals surface area contributed by atoms with Crippen LogP contribution in [-0.2, 0) is 9.53 Å². The summed E-state index contributed by atoms with van der Waals surface area (Å²) in [6.45, 7) is 4.30. The third-order valence-electron chi connectivity index (χ3n) is 4.11. The highest BCUT2D eigenvalue weighted by Crippen LogP contribution is 2.31. The van der Waals surface area contributed by atoms with Crippen LogP contribution in [0.5, 0.6) is 5.75 Å². The predicted octanol–water partition coefficient (Wildman–Crippen LogP) is 1.82. The molecule has 1 aromatic carbocycles. The molecule has 0 saturated carbocycles. The molecule has 2 rings (SSSR count). The van der Waals surface area contributed by atoms with Gasteiger partial charge in [-0.05, 0) is 38.9 Å². The molecule has 5 heteroatoms. The van der Waals surface area contributed by atoms with E-state index in [2.05, 4.69) is 16.3 Å². The van der Waals surface area contributed by atoms with Gasteiger partial charge < -0.3 is 19.7 Å². The number of fused-ring (bicyclic) bond motifs is 1. The van der Waals surface area contributed by atoms with Crippen LogP contribution >= 0.6 is 0 Å². The lowest BCUT2D eigenvalue weighted by Crippen LogP contribution is -2.50. The number of anilines is 1. The highest BCUT2D eigenvalue weighted by Gasteiger charge is 2.33. The third kappa shape index (κ3) is 3.47. The van der Waals surface area contributed by atoms with Gasteiger partial charge in [-0.2, -0.15) is 0 Å². The van der Waals surface area contributed by atoms with Gasteiger partial charge in [-0.3, -0.25) is 4.79 Å². The van der Waals surface area contributed by atoms with E-state index in [4.69, 9.17) is 9.47 Å². The zero-order valence-corrected chi connectivity index (χ0v) is 13.0. The Labute approximate surface area is 126 Å². The minimum atomic E-state index is -0.670. The predicted molar refractivity (Wildman–Crippen MR) is 82.9 cm³/mol. The van der Waals surface area contributed by atoms with Gasteiger partial charge in [0, 0.05) is 13.1 Å². The summed E-state index contributed by atoms with van der Waals surface area (Å²) >= 11 is 0. The number of esters is 1. The van der Waals surface area contributed by atoms with E-state index in [9.17, 15) is 4.79 Å². The molecule has 1 aliphatic heterocycles. The smallest absolute Gasteiger partial charge is 0.325 e. The van der Waals surface area contributed by atoms with Crippen LogP contribution in [0.25, 0.3) is 0 Å². The summed E-state index contributed by atoms with van der Waals surface area (Å²) in [7, 11) is 3.21. The Morgan fingerprint density at radius 3 is 2.95 bits per heavy atom. The first-order valence-corrected chi connectivity index (χ1v) is 7.35. The fourth-order valence-electron chi connectivity index (χ4n) is 2.54. The van der Waals surface area contributed by atoms with Crippen LogP contribution in [0.3, 0.4) is 0 Å². The topological polar surface area (TPSA) is 50.8 Å². The van der Waals surface area contributed by atoms with Crippen molar-refractivity contribution in [1.29, 1.82) is 0 Å². The molecule has 1 unspecified atom stereocenters. The number of rotatable bonds is 5. The van der Waals surface area contributed by atoms with Gasteiger partial charge in [0.2, 0.25) is 0 Å². The van der Waals surface area contributed by atoms with Gasteiger partial charge in [0.25, 0.3) is 0 Å². The number of hydrogen-bond donors (Lipinski definition) is 1. The maximum absolute atomic E-state index is 11.9. The van der Waals surface area contributed by atoms with E-state index in [1.165, 1.54) is 7.11 Å². The van der Waals surface area contributed by atoms with Crippen LogP contribution in [0.2, 0.25) is 0 Å². The van der Waals surface area contributed by atoms with Crippen molar-refractivity contribution in [3.63, 3.8) is 0 Å². The number of methoxy groups -OCH3 is 1. The fraction of sp³-hybridized carbons (Fsp3) is 0.562. The second kappa shape index (κ2) is 6.80. The summed E-state index contributed by atoms with van der Waals surface area (Å²) in [6.07, 6.45) is 1.65. The number of nitrogens with one attached hydrogen (secondary N) is 1. The van der Waals surface area contributed by atoms with Crippen molar-refractivity contribution in [1.82, 2.24) is 5.32 Å². The lowest BCUT2D eigenvalue weighted by molar-refractivity contribution is -0.147. The molecule has 1 atom stereocenters. The zero-order valence-electron chi connectivity index (χ0n) is 13.0. The molecule has 0 radical (unpaired) electrons. The van der Waals surface area contributed by atoms with Gasteiger partial charge in [0.15, 0.2) is 0 Å². The monoisotopic (exact) mass is 292 g/mol. The second-order valence-electron chi connectivity index (χ2n) is 5.48. The molecule has 116 valence electrons. The van der Waals surface area contributed by atoms with Gasteiger partial charge in [-0.25, -0.2) is 0 Å². The van der Waals surface area contributed by atoms with E-state index < -0.39 is 5.54 Å². The number of para-hydroxylation sites is 2. The van der Waals surface area contributed by atoms with Gasteiger partial charge >= 0.3 is 5.97 Å². The normalized spacial score (nSPS) is 17.2. The van der Waals surface area contributed by atoms with Gasteiger partial charge in [-0.1, -0.05) is 12.1 Å².